The lowest BCUT2D eigenvalue weighted by Crippen LogP contribution is -2.57. The number of thiophene rings is 1. The Morgan fingerprint density at radius 3 is 2.04 bits per heavy atom. The second kappa shape index (κ2) is 32.9. The molecule has 5 heterocycles. The molecule has 4 atom stereocenters. The number of quaternary nitrogens is 2. The number of aryl methyl sites for hydroxylation is 1. The van der Waals surface area contributed by atoms with E-state index in [0.29, 0.717) is 46.7 Å². The summed E-state index contributed by atoms with van der Waals surface area (Å²) in [5.74, 6) is -8.77. The number of hydrogen-bond acceptors (Lipinski definition) is 20. The summed E-state index contributed by atoms with van der Waals surface area (Å²) in [6.45, 7) is -4.19. The number of allylic oxidation sites excluding steroid dienone is 2. The van der Waals surface area contributed by atoms with Gasteiger partial charge in [-0.15, -0.1) is 16.1 Å². The summed E-state index contributed by atoms with van der Waals surface area (Å²) in [6.07, 6.45) is 5.74. The third-order valence-corrected chi connectivity index (χ3v) is 18.4. The number of halogens is 2. The number of ether oxygens (including phenoxy) is 3. The number of nitrogens with one attached hydrogen (secondary N) is 4. The van der Waals surface area contributed by atoms with E-state index >= 15 is 8.63 Å². The molecule has 2 aliphatic heterocycles. The molecule has 4 unspecified atom stereocenters. The number of amides is 4. The normalized spacial score (nSPS) is 15.5. The molecule has 4 amide bonds. The minimum absolute atomic E-state index is 0.0284. The largest absolute Gasteiger partial charge is 0.732 e. The monoisotopic (exact) mass is 1450 g/mol. The molecule has 99 heavy (non-hydrogen) atoms. The van der Waals surface area contributed by atoms with Crippen LogP contribution in [0.2, 0.25) is 0 Å². The van der Waals surface area contributed by atoms with Crippen molar-refractivity contribution in [3.63, 3.8) is 0 Å². The number of likely N-dealkylation sites (N-methyl/N-ethyl adjacent to an activating group) is 1. The van der Waals surface area contributed by atoms with Crippen molar-refractivity contribution in [3.05, 3.63) is 128 Å². The maximum atomic E-state index is 17.6. The van der Waals surface area contributed by atoms with Gasteiger partial charge in [-0.1, -0.05) is 18.2 Å². The summed E-state index contributed by atoms with van der Waals surface area (Å²) < 4.78 is 123. The lowest BCUT2D eigenvalue weighted by Gasteiger charge is -2.37. The fourth-order valence-corrected chi connectivity index (χ4v) is 13.3. The van der Waals surface area contributed by atoms with E-state index in [1.807, 2.05) is 40.3 Å². The zero-order valence-electron chi connectivity index (χ0n) is 55.8. The number of fused-ring (bicyclic) bond motifs is 2. The van der Waals surface area contributed by atoms with Crippen molar-refractivity contribution in [3.8, 4) is 33.8 Å². The Labute approximate surface area is 574 Å². The summed E-state index contributed by atoms with van der Waals surface area (Å²) in [6, 6.07) is 11.5. The van der Waals surface area contributed by atoms with E-state index in [4.69, 9.17) is 19.0 Å². The van der Waals surface area contributed by atoms with Gasteiger partial charge in [0.2, 0.25) is 29.5 Å². The van der Waals surface area contributed by atoms with Gasteiger partial charge in [0.15, 0.2) is 12.3 Å². The Morgan fingerprint density at radius 2 is 1.45 bits per heavy atom. The van der Waals surface area contributed by atoms with Crippen LogP contribution in [0, 0.1) is 10.1 Å². The van der Waals surface area contributed by atoms with Gasteiger partial charge in [0, 0.05) is 79.3 Å². The number of carbonyl (C=O) groups is 5. The van der Waals surface area contributed by atoms with Crippen LogP contribution in [0.3, 0.4) is 0 Å². The molecule has 2 aromatic carbocycles. The van der Waals surface area contributed by atoms with Gasteiger partial charge in [-0.05, 0) is 91.0 Å². The van der Waals surface area contributed by atoms with E-state index in [1.54, 1.807) is 36.2 Å². The molecule has 0 bridgehead atoms. The highest BCUT2D eigenvalue weighted by Crippen LogP contribution is 2.42. The number of nitrogens with zero attached hydrogens (tertiary/aromatic N) is 7. The third kappa shape index (κ3) is 22.3. The van der Waals surface area contributed by atoms with Crippen LogP contribution in [0.25, 0.3) is 16.6 Å². The fourth-order valence-electron chi connectivity index (χ4n) is 11.2. The second-order valence-corrected chi connectivity index (χ2v) is 29.9. The molecule has 37 heteroatoms. The number of rotatable bonds is 36. The molecule has 3 aromatic heterocycles. The fraction of sp³-hybridized carbons (Fsp3) is 0.452. The van der Waals surface area contributed by atoms with Gasteiger partial charge in [0.25, 0.3) is 31.8 Å². The Hall–Kier alpha value is -8.82. The van der Waals surface area contributed by atoms with Gasteiger partial charge >= 0.3 is 13.1 Å². The molecule has 31 nitrogen and oxygen atoms in total. The molecule has 5 aromatic rings. The highest BCUT2D eigenvalue weighted by molar-refractivity contribution is 7.86. The summed E-state index contributed by atoms with van der Waals surface area (Å²) in [4.78, 5) is 83.3. The molecule has 540 valence electrons. The standard InChI is InChI=1S/C62H82BF2N11O20S3/c1-40(95-62(84)96-73-58(80)21-22-59(73)81)47-31-44(36-77)54(34-52(47)74(85)86)93-28-25-70(2)24-23-66-60(82)48(38-98(87,88)89)68-56(78)35-67-61(83)49(39-99(90,91)92)69-57(79)37-94-46-19-16-41(17-20-46)15-18-45-30-42(12-9-26-75(3,4)5)50-33-51-43(13-10-27-76(6,7)8)32-53(55-14-11-29-97-55)72(51)63(64,65)71(45)50/h11,14-22,29-32,34,40,48-50,77H,9-10,12-13,23-28,33,35-39H2,1-8H3,(H6-2,66,67,68,69,78,79,80,81,82,83,87,88,89,90,91,92)/p+2. The molecule has 0 radical (unpaired) electrons. The molecule has 0 saturated carbocycles. The first-order chi connectivity index (χ1) is 46.3. The van der Waals surface area contributed by atoms with Crippen molar-refractivity contribution in [2.45, 2.75) is 69.9 Å². The lowest BCUT2D eigenvalue weighted by molar-refractivity contribution is -0.870. The Balaban J connectivity index is 0.912. The molecular formula is C62H84BF2N11O20S3+2. The number of aliphatic hydroxyl groups excluding tert-OH is 1. The molecule has 7 rings (SSSR count). The summed E-state index contributed by atoms with van der Waals surface area (Å²) in [5, 5.41) is 52.0. The van der Waals surface area contributed by atoms with Crippen LogP contribution in [-0.4, -0.2) is 248 Å². The van der Waals surface area contributed by atoms with E-state index in [0.717, 1.165) is 75.2 Å². The Kier molecular flexibility index (Phi) is 25.8. The maximum absolute atomic E-state index is 17.6. The Bertz CT molecular complexity index is 4080. The van der Waals surface area contributed by atoms with Crippen LogP contribution in [0.5, 0.6) is 23.3 Å². The van der Waals surface area contributed by atoms with Crippen molar-refractivity contribution in [1.29, 1.82) is 0 Å². The third-order valence-electron chi connectivity index (χ3n) is 16.0. The van der Waals surface area contributed by atoms with Crippen molar-refractivity contribution < 1.29 is 111 Å². The van der Waals surface area contributed by atoms with Crippen LogP contribution >= 0.6 is 11.3 Å². The number of benzene rings is 2. The zero-order chi connectivity index (χ0) is 73.0. The minimum atomic E-state index is -4.99. The SMILES string of the molecule is CC(OC(=O)On1c(O)ccc1O)c1cc(CO)c(OCCN(C)CCNC(=O)C(CS(=O)(=O)O)NC(=O)CNC(=O)C(CS(=O)(=O)O)NC(=O)COc2ccc(C=CC3=[N+]4C(Cc5c(CCC[N+](C)(C)C)cc(-c6cccs6)n5[B-]4(F)F)C(CCC[N+](C)(C)C)=C3)cc2)cc1[N+](=O)[O-]. The zero-order valence-corrected chi connectivity index (χ0v) is 58.3. The van der Waals surface area contributed by atoms with Gasteiger partial charge in [-0.25, -0.2) is 4.79 Å². The first kappa shape index (κ1) is 77.5. The van der Waals surface area contributed by atoms with Gasteiger partial charge in [-0.3, -0.25) is 43.2 Å². The minimum Gasteiger partial charge on any atom is -0.492 e. The maximum Gasteiger partial charge on any atom is 0.732 e. The Morgan fingerprint density at radius 1 is 0.838 bits per heavy atom. The van der Waals surface area contributed by atoms with E-state index in [1.165, 1.54) is 39.4 Å². The smallest absolute Gasteiger partial charge is 0.492 e. The van der Waals surface area contributed by atoms with Crippen molar-refractivity contribution in [2.24, 2.45) is 0 Å². The van der Waals surface area contributed by atoms with Gasteiger partial charge in [0.05, 0.1) is 85.1 Å². The predicted molar refractivity (Wildman–Crippen MR) is 360 cm³/mol. The number of aromatic hydroxyl groups is 2. The lowest BCUT2D eigenvalue weighted by atomic mass is 9.83. The van der Waals surface area contributed by atoms with E-state index in [-0.39, 0.29) is 48.9 Å². The summed E-state index contributed by atoms with van der Waals surface area (Å²) >= 11 is 1.41. The van der Waals surface area contributed by atoms with Crippen LogP contribution in [0.4, 0.5) is 19.1 Å². The summed E-state index contributed by atoms with van der Waals surface area (Å²) in [7, 11) is 4.21. The second-order valence-electron chi connectivity index (χ2n) is 25.9. The van der Waals surface area contributed by atoms with Crippen molar-refractivity contribution >= 4 is 85.8 Å². The van der Waals surface area contributed by atoms with Crippen LogP contribution < -0.4 is 35.6 Å². The van der Waals surface area contributed by atoms with E-state index in [9.17, 15) is 75.3 Å². The highest BCUT2D eigenvalue weighted by atomic mass is 32.2. The van der Waals surface area contributed by atoms with Crippen LogP contribution in [0.1, 0.15) is 60.2 Å². The highest BCUT2D eigenvalue weighted by Gasteiger charge is 2.57. The average Bonchev–Trinajstić information content (AvgIpc) is 1.56. The molecule has 0 saturated heterocycles. The number of hydrogen-bond donors (Lipinski definition) is 9. The number of nitro benzene ring substituents is 1. The molecule has 9 N–H and O–H groups in total. The molecule has 0 fully saturated rings. The predicted octanol–water partition coefficient (Wildman–Crippen LogP) is 2.90. The average molecular weight is 1450 g/mol. The first-order valence-corrected chi connectivity index (χ1v) is 35.3. The van der Waals surface area contributed by atoms with Crippen molar-refractivity contribution in [1.82, 2.24) is 35.4 Å². The topological polar surface area (TPSA) is 399 Å². The quantitative estimate of drug-likeness (QED) is 0.00695. The molecule has 0 spiro atoms. The van der Waals surface area contributed by atoms with Crippen LogP contribution in [-0.2, 0) is 63.6 Å². The first-order valence-electron chi connectivity index (χ1n) is 31.2. The number of nitro groups is 1. The van der Waals surface area contributed by atoms with Crippen molar-refractivity contribution in [2.75, 3.05) is 113 Å². The molecular weight excluding hydrogens is 1360 g/mol. The van der Waals surface area contributed by atoms with Gasteiger partial charge in [-0.2, -0.15) is 16.8 Å². The number of carbonyl (C=O) groups excluding carboxylic acids is 5. The van der Waals surface area contributed by atoms with E-state index in [2.05, 4.69) is 52.9 Å². The summed E-state index contributed by atoms with van der Waals surface area (Å²) in [5.41, 5.74) is 3.23. The van der Waals surface area contributed by atoms with Gasteiger partial charge in [0.1, 0.15) is 53.8 Å². The molecule has 2 aliphatic rings. The van der Waals surface area contributed by atoms with Crippen LogP contribution in [0.15, 0.2) is 89.8 Å². The van der Waals surface area contributed by atoms with E-state index < -0.39 is 135 Å². The molecule has 0 aliphatic carbocycles. The van der Waals surface area contributed by atoms with Gasteiger partial charge < -0.3 is 82.3 Å². The number of aromatic nitrogens is 2. The number of aliphatic hydroxyl groups is 1.